The van der Waals surface area contributed by atoms with Crippen molar-refractivity contribution < 1.29 is 14.5 Å². The topological polar surface area (TPSA) is 93.5 Å². The first-order valence-corrected chi connectivity index (χ1v) is 7.49. The summed E-state index contributed by atoms with van der Waals surface area (Å²) < 4.78 is 5.36. The van der Waals surface area contributed by atoms with Crippen LogP contribution in [-0.2, 0) is 11.3 Å². The van der Waals surface area contributed by atoms with Crippen molar-refractivity contribution in [3.05, 3.63) is 63.7 Å². The van der Waals surface area contributed by atoms with Gasteiger partial charge in [0.05, 0.1) is 11.5 Å². The summed E-state index contributed by atoms with van der Waals surface area (Å²) in [5.74, 6) is -0.372. The fourth-order valence-electron chi connectivity index (χ4n) is 2.19. The van der Waals surface area contributed by atoms with Gasteiger partial charge in [-0.1, -0.05) is 12.1 Å². The molecule has 0 saturated carbocycles. The zero-order valence-electron chi connectivity index (χ0n) is 13.5. The van der Waals surface area contributed by atoms with Crippen molar-refractivity contribution in [1.82, 2.24) is 5.32 Å². The number of nitro groups is 1. The Bertz CT molecular complexity index is 746. The van der Waals surface area contributed by atoms with Crippen molar-refractivity contribution >= 4 is 23.0 Å². The highest BCUT2D eigenvalue weighted by Crippen LogP contribution is 2.29. The van der Waals surface area contributed by atoms with Crippen molar-refractivity contribution in [2.24, 2.45) is 0 Å². The van der Waals surface area contributed by atoms with Gasteiger partial charge in [0.25, 0.3) is 11.6 Å². The summed E-state index contributed by atoms with van der Waals surface area (Å²) >= 11 is 0. The van der Waals surface area contributed by atoms with Crippen molar-refractivity contribution in [1.29, 1.82) is 0 Å². The van der Waals surface area contributed by atoms with Crippen molar-refractivity contribution in [2.45, 2.75) is 13.5 Å². The molecule has 0 aromatic heterocycles. The van der Waals surface area contributed by atoms with Gasteiger partial charge in [0.1, 0.15) is 5.69 Å². The van der Waals surface area contributed by atoms with Gasteiger partial charge in [0.15, 0.2) is 0 Å². The second-order valence-corrected chi connectivity index (χ2v) is 5.03. The minimum absolute atomic E-state index is 0.161. The number of nitrogens with zero attached hydrogens (tertiary/aromatic N) is 1. The van der Waals surface area contributed by atoms with E-state index >= 15 is 0 Å². The van der Waals surface area contributed by atoms with Crippen LogP contribution in [0.4, 0.5) is 17.1 Å². The van der Waals surface area contributed by atoms with E-state index in [1.807, 2.05) is 31.2 Å². The molecule has 7 heteroatoms. The van der Waals surface area contributed by atoms with Crippen LogP contribution in [0.3, 0.4) is 0 Å². The second kappa shape index (κ2) is 8.07. The Kier molecular flexibility index (Phi) is 5.86. The smallest absolute Gasteiger partial charge is 0.293 e. The van der Waals surface area contributed by atoms with Crippen LogP contribution >= 0.6 is 0 Å². The Labute approximate surface area is 139 Å². The van der Waals surface area contributed by atoms with Gasteiger partial charge in [0.2, 0.25) is 0 Å². The summed E-state index contributed by atoms with van der Waals surface area (Å²) in [4.78, 5) is 22.4. The molecule has 7 nitrogen and oxygen atoms in total. The first-order valence-electron chi connectivity index (χ1n) is 7.49. The first kappa shape index (κ1) is 17.4. The summed E-state index contributed by atoms with van der Waals surface area (Å²) in [6.45, 7) is 3.01. The number of carbonyl (C=O) groups excluding carboxylic acids is 1. The molecule has 0 aliphatic rings. The molecule has 2 N–H and O–H groups in total. The van der Waals surface area contributed by atoms with Crippen molar-refractivity contribution in [3.8, 4) is 0 Å². The summed E-state index contributed by atoms with van der Waals surface area (Å²) in [5, 5.41) is 16.8. The van der Waals surface area contributed by atoms with Crippen LogP contribution in [-0.4, -0.2) is 24.5 Å². The highest BCUT2D eigenvalue weighted by molar-refractivity contribution is 5.95. The number of nitrogens with one attached hydrogen (secondary N) is 2. The Morgan fingerprint density at radius 2 is 2.04 bits per heavy atom. The van der Waals surface area contributed by atoms with Crippen LogP contribution in [0.25, 0.3) is 0 Å². The van der Waals surface area contributed by atoms with Gasteiger partial charge in [-0.15, -0.1) is 0 Å². The number of ether oxygens (including phenoxy) is 1. The molecule has 126 valence electrons. The highest BCUT2D eigenvalue weighted by atomic mass is 16.6. The molecular weight excluding hydrogens is 310 g/mol. The fraction of sp³-hybridized carbons (Fsp3) is 0.235. The zero-order valence-corrected chi connectivity index (χ0v) is 13.5. The van der Waals surface area contributed by atoms with Crippen LogP contribution in [0, 0.1) is 10.1 Å². The van der Waals surface area contributed by atoms with Crippen LogP contribution < -0.4 is 10.6 Å². The molecule has 24 heavy (non-hydrogen) atoms. The Morgan fingerprint density at radius 3 is 2.71 bits per heavy atom. The fourth-order valence-corrected chi connectivity index (χ4v) is 2.19. The predicted molar refractivity (Wildman–Crippen MR) is 91.5 cm³/mol. The van der Waals surface area contributed by atoms with Crippen LogP contribution in [0.15, 0.2) is 42.5 Å². The average Bonchev–Trinajstić information content (AvgIpc) is 2.59. The molecule has 0 atom stereocenters. The van der Waals surface area contributed by atoms with E-state index in [0.29, 0.717) is 24.6 Å². The van der Waals surface area contributed by atoms with E-state index in [1.54, 1.807) is 0 Å². The number of nitro benzene ring substituents is 1. The highest BCUT2D eigenvalue weighted by Gasteiger charge is 2.17. The molecule has 0 fully saturated rings. The third-order valence-electron chi connectivity index (χ3n) is 3.36. The van der Waals surface area contributed by atoms with Gasteiger partial charge in [-0.3, -0.25) is 14.9 Å². The normalized spacial score (nSPS) is 10.2. The van der Waals surface area contributed by atoms with Gasteiger partial charge < -0.3 is 15.4 Å². The monoisotopic (exact) mass is 329 g/mol. The molecule has 1 amide bonds. The maximum atomic E-state index is 11.6. The maximum absolute atomic E-state index is 11.6. The number of benzene rings is 2. The molecule has 0 aliphatic heterocycles. The van der Waals surface area contributed by atoms with Crippen molar-refractivity contribution in [2.75, 3.05) is 19.0 Å². The Hall–Kier alpha value is -2.93. The molecule has 0 heterocycles. The summed E-state index contributed by atoms with van der Waals surface area (Å²) in [6.07, 6.45) is 0. The van der Waals surface area contributed by atoms with Gasteiger partial charge >= 0.3 is 0 Å². The van der Waals surface area contributed by atoms with Crippen LogP contribution in [0.2, 0.25) is 0 Å². The van der Waals surface area contributed by atoms with E-state index in [1.165, 1.54) is 25.2 Å². The van der Waals surface area contributed by atoms with E-state index in [2.05, 4.69) is 10.6 Å². The number of hydrogen-bond acceptors (Lipinski definition) is 5. The lowest BCUT2D eigenvalue weighted by atomic mass is 10.1. The molecule has 0 spiro atoms. The average molecular weight is 329 g/mol. The van der Waals surface area contributed by atoms with Gasteiger partial charge in [-0.05, 0) is 36.8 Å². The molecule has 0 aliphatic carbocycles. The van der Waals surface area contributed by atoms with E-state index in [4.69, 9.17) is 4.74 Å². The minimum Gasteiger partial charge on any atom is -0.377 e. The second-order valence-electron chi connectivity index (χ2n) is 5.03. The Balaban J connectivity index is 2.29. The van der Waals surface area contributed by atoms with Gasteiger partial charge in [-0.25, -0.2) is 0 Å². The zero-order chi connectivity index (χ0) is 17.5. The van der Waals surface area contributed by atoms with E-state index in [0.717, 1.165) is 5.56 Å². The summed E-state index contributed by atoms with van der Waals surface area (Å²) in [5.41, 5.74) is 2.07. The number of carbonyl (C=O) groups is 1. The van der Waals surface area contributed by atoms with Gasteiger partial charge in [0, 0.05) is 31.0 Å². The maximum Gasteiger partial charge on any atom is 0.293 e. The number of hydrogen-bond donors (Lipinski definition) is 2. The number of rotatable bonds is 7. The Morgan fingerprint density at radius 1 is 1.25 bits per heavy atom. The lowest BCUT2D eigenvalue weighted by Crippen LogP contribution is -2.17. The lowest BCUT2D eigenvalue weighted by molar-refractivity contribution is -0.383. The third kappa shape index (κ3) is 4.30. The molecule has 0 unspecified atom stereocenters. The summed E-state index contributed by atoms with van der Waals surface area (Å²) in [6, 6.07) is 11.8. The first-order chi connectivity index (χ1) is 11.5. The summed E-state index contributed by atoms with van der Waals surface area (Å²) in [7, 11) is 1.48. The van der Waals surface area contributed by atoms with E-state index in [-0.39, 0.29) is 17.2 Å². The van der Waals surface area contributed by atoms with Crippen LogP contribution in [0.5, 0.6) is 0 Å². The SMILES string of the molecule is CCOCc1cccc(Nc2ccc(C(=O)NC)cc2[N+](=O)[O-])c1. The minimum atomic E-state index is -0.515. The molecule has 2 aromatic rings. The quantitative estimate of drug-likeness (QED) is 0.601. The van der Waals surface area contributed by atoms with Gasteiger partial charge in [-0.2, -0.15) is 0 Å². The van der Waals surface area contributed by atoms with E-state index < -0.39 is 4.92 Å². The van der Waals surface area contributed by atoms with E-state index in [9.17, 15) is 14.9 Å². The number of amides is 1. The molecule has 0 radical (unpaired) electrons. The van der Waals surface area contributed by atoms with Crippen LogP contribution in [0.1, 0.15) is 22.8 Å². The standard InChI is InChI=1S/C17H19N3O4/c1-3-24-11-12-5-4-6-14(9-12)19-15-8-7-13(17(21)18-2)10-16(15)20(22)23/h4-10,19H,3,11H2,1-2H3,(H,18,21). The molecule has 2 rings (SSSR count). The van der Waals surface area contributed by atoms with Crippen molar-refractivity contribution in [3.63, 3.8) is 0 Å². The lowest BCUT2D eigenvalue weighted by Gasteiger charge is -2.10. The molecule has 0 saturated heterocycles. The molecule has 0 bridgehead atoms. The predicted octanol–water partition coefficient (Wildman–Crippen LogP) is 3.23. The molecule has 2 aromatic carbocycles. The third-order valence-corrected chi connectivity index (χ3v) is 3.36. The largest absolute Gasteiger partial charge is 0.377 e. The molecular formula is C17H19N3O4. The number of anilines is 2.